The van der Waals surface area contributed by atoms with Crippen molar-refractivity contribution >= 4 is 17.8 Å². The number of hydrogen-bond acceptors (Lipinski definition) is 3. The molecule has 0 spiro atoms. The normalized spacial score (nSPS) is 14.9. The van der Waals surface area contributed by atoms with Crippen LogP contribution < -0.4 is 5.32 Å². The lowest BCUT2D eigenvalue weighted by atomic mass is 9.95. The molecule has 1 aromatic carbocycles. The molecule has 0 aliphatic carbocycles. The van der Waals surface area contributed by atoms with Crippen LogP contribution in [0.3, 0.4) is 0 Å². The maximum absolute atomic E-state index is 12.4. The number of aromatic carboxylic acids is 1. The summed E-state index contributed by atoms with van der Waals surface area (Å²) in [5.41, 5.74) is 0.888. The smallest absolute Gasteiger partial charge is 0.335 e. The van der Waals surface area contributed by atoms with Crippen molar-refractivity contribution in [1.29, 1.82) is 0 Å². The van der Waals surface area contributed by atoms with Gasteiger partial charge in [-0.05, 0) is 37.0 Å². The Hall–Kier alpha value is -2.37. The van der Waals surface area contributed by atoms with Crippen LogP contribution in [0.25, 0.3) is 0 Å². The monoisotopic (exact) mass is 360 g/mol. The van der Waals surface area contributed by atoms with E-state index in [0.717, 1.165) is 25.8 Å². The van der Waals surface area contributed by atoms with Gasteiger partial charge in [0, 0.05) is 25.6 Å². The van der Waals surface area contributed by atoms with Gasteiger partial charge in [-0.25, -0.2) is 4.79 Å². The number of nitrogens with one attached hydrogen (secondary N) is 1. The van der Waals surface area contributed by atoms with Crippen LogP contribution in [0.1, 0.15) is 54.9 Å². The van der Waals surface area contributed by atoms with E-state index in [1.807, 2.05) is 0 Å². The number of benzene rings is 1. The Morgan fingerprint density at radius 2 is 1.92 bits per heavy atom. The Morgan fingerprint density at radius 1 is 1.19 bits per heavy atom. The summed E-state index contributed by atoms with van der Waals surface area (Å²) in [6.07, 6.45) is 4.81. The van der Waals surface area contributed by atoms with Crippen LogP contribution in [0.5, 0.6) is 0 Å². The molecule has 0 atom stereocenters. The van der Waals surface area contributed by atoms with Gasteiger partial charge in [0.25, 0.3) is 0 Å². The Labute approximate surface area is 154 Å². The molecule has 2 rings (SSSR count). The van der Waals surface area contributed by atoms with Crippen molar-refractivity contribution in [3.8, 4) is 0 Å². The standard InChI is InChI=1S/C20H28N2O4/c1-2-3-4-10-21-19(24)16-8-11-22(12-9-16)18(23)14-15-6-5-7-17(13-15)20(25)26/h5-7,13,16H,2-4,8-12,14H2,1H3,(H,21,24)(H,25,26). The van der Waals surface area contributed by atoms with Crippen LogP contribution in [-0.4, -0.2) is 47.4 Å². The van der Waals surface area contributed by atoms with Crippen molar-refractivity contribution in [3.05, 3.63) is 35.4 Å². The van der Waals surface area contributed by atoms with E-state index in [2.05, 4.69) is 12.2 Å². The quantitative estimate of drug-likeness (QED) is 0.697. The molecule has 1 aliphatic rings. The Morgan fingerprint density at radius 3 is 2.58 bits per heavy atom. The second-order valence-corrected chi connectivity index (χ2v) is 6.84. The predicted molar refractivity (Wildman–Crippen MR) is 98.9 cm³/mol. The van der Waals surface area contributed by atoms with E-state index in [-0.39, 0.29) is 29.7 Å². The first kappa shape index (κ1) is 19.9. The number of rotatable bonds is 8. The van der Waals surface area contributed by atoms with Gasteiger partial charge >= 0.3 is 5.97 Å². The fraction of sp³-hybridized carbons (Fsp3) is 0.550. The van der Waals surface area contributed by atoms with Crippen molar-refractivity contribution in [2.75, 3.05) is 19.6 Å². The number of amides is 2. The van der Waals surface area contributed by atoms with Crippen LogP contribution >= 0.6 is 0 Å². The second kappa shape index (κ2) is 9.94. The van der Waals surface area contributed by atoms with E-state index in [1.165, 1.54) is 12.1 Å². The molecule has 0 aromatic heterocycles. The lowest BCUT2D eigenvalue weighted by Gasteiger charge is -2.31. The lowest BCUT2D eigenvalue weighted by molar-refractivity contribution is -0.135. The fourth-order valence-electron chi connectivity index (χ4n) is 3.22. The molecule has 1 aliphatic heterocycles. The first-order chi connectivity index (χ1) is 12.5. The molecule has 0 unspecified atom stereocenters. The van der Waals surface area contributed by atoms with E-state index in [0.29, 0.717) is 31.5 Å². The zero-order valence-corrected chi connectivity index (χ0v) is 15.4. The third kappa shape index (κ3) is 5.86. The summed E-state index contributed by atoms with van der Waals surface area (Å²) < 4.78 is 0. The highest BCUT2D eigenvalue weighted by molar-refractivity contribution is 5.88. The molecule has 0 saturated carbocycles. The molecular formula is C20H28N2O4. The third-order valence-corrected chi connectivity index (χ3v) is 4.83. The molecule has 1 fully saturated rings. The molecule has 2 amide bonds. The molecular weight excluding hydrogens is 332 g/mol. The van der Waals surface area contributed by atoms with E-state index in [9.17, 15) is 14.4 Å². The first-order valence-electron chi connectivity index (χ1n) is 9.39. The summed E-state index contributed by atoms with van der Waals surface area (Å²) in [7, 11) is 0. The zero-order chi connectivity index (χ0) is 18.9. The average molecular weight is 360 g/mol. The number of unbranched alkanes of at least 4 members (excludes halogenated alkanes) is 2. The minimum Gasteiger partial charge on any atom is -0.478 e. The zero-order valence-electron chi connectivity index (χ0n) is 15.4. The summed E-state index contributed by atoms with van der Waals surface area (Å²) >= 11 is 0. The number of piperidine rings is 1. The molecule has 0 bridgehead atoms. The number of carbonyl (C=O) groups is 3. The molecule has 6 nitrogen and oxygen atoms in total. The van der Waals surface area contributed by atoms with Crippen LogP contribution in [0.4, 0.5) is 0 Å². The highest BCUT2D eigenvalue weighted by atomic mass is 16.4. The molecule has 2 N–H and O–H groups in total. The van der Waals surface area contributed by atoms with Gasteiger partial charge in [0.05, 0.1) is 12.0 Å². The summed E-state index contributed by atoms with van der Waals surface area (Å²) in [6.45, 7) is 4.01. The summed E-state index contributed by atoms with van der Waals surface area (Å²) in [4.78, 5) is 37.4. The largest absolute Gasteiger partial charge is 0.478 e. The third-order valence-electron chi connectivity index (χ3n) is 4.83. The van der Waals surface area contributed by atoms with Gasteiger partial charge in [-0.1, -0.05) is 31.9 Å². The minimum absolute atomic E-state index is 0.0176. The van der Waals surface area contributed by atoms with Crippen LogP contribution in [0.2, 0.25) is 0 Å². The van der Waals surface area contributed by atoms with E-state index >= 15 is 0 Å². The molecule has 1 aromatic rings. The van der Waals surface area contributed by atoms with Gasteiger partial charge in [-0.15, -0.1) is 0 Å². The van der Waals surface area contributed by atoms with Gasteiger partial charge in [0.15, 0.2) is 0 Å². The summed E-state index contributed by atoms with van der Waals surface area (Å²) in [5.74, 6) is -0.933. The van der Waals surface area contributed by atoms with Gasteiger partial charge in [0.2, 0.25) is 11.8 Å². The summed E-state index contributed by atoms with van der Waals surface area (Å²) in [5, 5.41) is 12.0. The summed E-state index contributed by atoms with van der Waals surface area (Å²) in [6, 6.07) is 6.47. The van der Waals surface area contributed by atoms with Crippen molar-refractivity contribution in [2.24, 2.45) is 5.92 Å². The number of carboxylic acids is 1. The number of nitrogens with zero attached hydrogens (tertiary/aromatic N) is 1. The van der Waals surface area contributed by atoms with Gasteiger partial charge < -0.3 is 15.3 Å². The van der Waals surface area contributed by atoms with Crippen LogP contribution in [0.15, 0.2) is 24.3 Å². The molecule has 1 saturated heterocycles. The maximum Gasteiger partial charge on any atom is 0.335 e. The molecule has 26 heavy (non-hydrogen) atoms. The molecule has 142 valence electrons. The Kier molecular flexibility index (Phi) is 7.63. The van der Waals surface area contributed by atoms with Gasteiger partial charge in [-0.3, -0.25) is 9.59 Å². The number of likely N-dealkylation sites (tertiary alicyclic amines) is 1. The first-order valence-corrected chi connectivity index (χ1v) is 9.39. The number of hydrogen-bond donors (Lipinski definition) is 2. The fourth-order valence-corrected chi connectivity index (χ4v) is 3.22. The second-order valence-electron chi connectivity index (χ2n) is 6.84. The Bertz CT molecular complexity index is 636. The minimum atomic E-state index is -0.995. The van der Waals surface area contributed by atoms with Crippen LogP contribution in [-0.2, 0) is 16.0 Å². The van der Waals surface area contributed by atoms with E-state index in [1.54, 1.807) is 17.0 Å². The van der Waals surface area contributed by atoms with Crippen molar-refractivity contribution < 1.29 is 19.5 Å². The average Bonchev–Trinajstić information content (AvgIpc) is 2.65. The Balaban J connectivity index is 1.78. The van der Waals surface area contributed by atoms with Crippen molar-refractivity contribution in [1.82, 2.24) is 10.2 Å². The number of carboxylic acid groups (broad SMARTS) is 1. The van der Waals surface area contributed by atoms with Crippen molar-refractivity contribution in [2.45, 2.75) is 45.4 Å². The SMILES string of the molecule is CCCCCNC(=O)C1CCN(C(=O)Cc2cccc(C(=O)O)c2)CC1. The van der Waals surface area contributed by atoms with Crippen LogP contribution in [0, 0.1) is 5.92 Å². The highest BCUT2D eigenvalue weighted by Gasteiger charge is 2.27. The topological polar surface area (TPSA) is 86.7 Å². The van der Waals surface area contributed by atoms with E-state index < -0.39 is 5.97 Å². The van der Waals surface area contributed by atoms with Crippen molar-refractivity contribution in [3.63, 3.8) is 0 Å². The molecule has 1 heterocycles. The highest BCUT2D eigenvalue weighted by Crippen LogP contribution is 2.18. The lowest BCUT2D eigenvalue weighted by Crippen LogP contribution is -2.43. The van der Waals surface area contributed by atoms with Gasteiger partial charge in [-0.2, -0.15) is 0 Å². The molecule has 0 radical (unpaired) electrons. The molecule has 6 heteroatoms. The van der Waals surface area contributed by atoms with Gasteiger partial charge in [0.1, 0.15) is 0 Å². The van der Waals surface area contributed by atoms with E-state index in [4.69, 9.17) is 5.11 Å². The number of carbonyl (C=O) groups excluding carboxylic acids is 2. The predicted octanol–water partition coefficient (Wildman–Crippen LogP) is 2.47. The maximum atomic E-state index is 12.4.